The average molecular weight is 361 g/mol. The molecule has 0 atom stereocenters. The molecule has 27 heavy (non-hydrogen) atoms. The molecule has 2 aromatic rings. The topological polar surface area (TPSA) is 45.2 Å². The van der Waals surface area contributed by atoms with E-state index in [-0.39, 0.29) is 5.78 Å². The molecule has 140 valence electrons. The Morgan fingerprint density at radius 3 is 2.33 bits per heavy atom. The Morgan fingerprint density at radius 1 is 1.15 bits per heavy atom. The number of aliphatic imine (C=N–C) groups is 1. The zero-order chi connectivity index (χ0) is 20.4. The van der Waals surface area contributed by atoms with Crippen LogP contribution in [0.4, 0.5) is 0 Å². The lowest BCUT2D eigenvalue weighted by atomic mass is 10.0. The molecule has 0 aliphatic rings. The van der Waals surface area contributed by atoms with E-state index < -0.39 is 0 Å². The van der Waals surface area contributed by atoms with Gasteiger partial charge in [-0.15, -0.1) is 12.8 Å². The summed E-state index contributed by atoms with van der Waals surface area (Å²) in [5, 5.41) is 1.09. The second-order valence-electron chi connectivity index (χ2n) is 6.28. The Kier molecular flexibility index (Phi) is 8.75. The number of rotatable bonds is 6. The number of aromatic amines is 1. The van der Waals surface area contributed by atoms with Crippen molar-refractivity contribution in [3.63, 3.8) is 0 Å². The van der Waals surface area contributed by atoms with Gasteiger partial charge < -0.3 is 4.98 Å². The fourth-order valence-corrected chi connectivity index (χ4v) is 2.77. The molecule has 0 radical (unpaired) electrons. The van der Waals surface area contributed by atoms with Gasteiger partial charge in [-0.25, -0.2) is 0 Å². The number of H-pyrrole nitrogens is 1. The summed E-state index contributed by atoms with van der Waals surface area (Å²) in [6.07, 6.45) is 15.0. The third kappa shape index (κ3) is 5.97. The lowest BCUT2D eigenvalue weighted by Gasteiger charge is -2.07. The van der Waals surface area contributed by atoms with Crippen molar-refractivity contribution in [1.82, 2.24) is 4.98 Å². The third-order valence-electron chi connectivity index (χ3n) is 3.89. The van der Waals surface area contributed by atoms with E-state index in [0.29, 0.717) is 5.57 Å². The van der Waals surface area contributed by atoms with Gasteiger partial charge in [0.2, 0.25) is 0 Å². The molecule has 1 aromatic heterocycles. The Balaban J connectivity index is 0.00000176. The number of nitrogens with zero attached hydrogens (tertiary/aromatic N) is 1. The number of Topliss-reactive ketones (excluding diaryl/α,β-unsaturated/α-hetero) is 1. The van der Waals surface area contributed by atoms with Gasteiger partial charge in [-0.2, -0.15) is 0 Å². The van der Waals surface area contributed by atoms with Crippen LogP contribution in [-0.2, 0) is 4.79 Å². The normalized spacial score (nSPS) is 12.3. The molecule has 0 aliphatic heterocycles. The Bertz CT molecular complexity index is 896. The highest BCUT2D eigenvalue weighted by molar-refractivity contribution is 6.27. The number of hydrogen-bond acceptors (Lipinski definition) is 2. The molecule has 0 saturated heterocycles. The van der Waals surface area contributed by atoms with E-state index in [4.69, 9.17) is 0 Å². The van der Waals surface area contributed by atoms with Crippen molar-refractivity contribution in [3.8, 4) is 12.8 Å². The number of fused-ring (bicyclic) bond motifs is 1. The molecule has 1 heterocycles. The largest absolute Gasteiger partial charge is 0.354 e. The summed E-state index contributed by atoms with van der Waals surface area (Å²) in [6, 6.07) is 10.0. The second-order valence-corrected chi connectivity index (χ2v) is 6.28. The SMILES string of the molecule is C#C.CC/C=C(\C=C(C)C)C(/C=C(\C(C)=O)c1cc2ccccc2[nH]1)=NC. The monoisotopic (exact) mass is 360 g/mol. The van der Waals surface area contributed by atoms with Crippen molar-refractivity contribution in [1.29, 1.82) is 0 Å². The summed E-state index contributed by atoms with van der Waals surface area (Å²) in [7, 11) is 1.76. The Morgan fingerprint density at radius 2 is 1.81 bits per heavy atom. The molecule has 1 N–H and O–H groups in total. The van der Waals surface area contributed by atoms with Crippen molar-refractivity contribution >= 4 is 28.0 Å². The summed E-state index contributed by atoms with van der Waals surface area (Å²) in [6.45, 7) is 7.81. The lowest BCUT2D eigenvalue weighted by Crippen LogP contribution is -2.04. The van der Waals surface area contributed by atoms with E-state index in [1.807, 2.05) is 36.4 Å². The molecule has 0 fully saturated rings. The van der Waals surface area contributed by atoms with Crippen LogP contribution in [0.5, 0.6) is 0 Å². The number of hydrogen-bond donors (Lipinski definition) is 1. The summed E-state index contributed by atoms with van der Waals surface area (Å²) < 4.78 is 0. The van der Waals surface area contributed by atoms with Gasteiger partial charge in [0.1, 0.15) is 0 Å². The first-order chi connectivity index (χ1) is 13.0. The van der Waals surface area contributed by atoms with Gasteiger partial charge in [0.15, 0.2) is 5.78 Å². The number of benzene rings is 1. The van der Waals surface area contributed by atoms with Crippen LogP contribution in [0.2, 0.25) is 0 Å². The first kappa shape index (κ1) is 21.9. The van der Waals surface area contributed by atoms with Crippen LogP contribution in [0.3, 0.4) is 0 Å². The first-order valence-electron chi connectivity index (χ1n) is 8.92. The van der Waals surface area contributed by atoms with E-state index in [2.05, 4.69) is 55.7 Å². The van der Waals surface area contributed by atoms with Gasteiger partial charge in [-0.1, -0.05) is 42.8 Å². The zero-order valence-corrected chi connectivity index (χ0v) is 16.8. The van der Waals surface area contributed by atoms with Gasteiger partial charge in [-0.05, 0) is 51.0 Å². The fourth-order valence-electron chi connectivity index (χ4n) is 2.77. The highest BCUT2D eigenvalue weighted by atomic mass is 16.1. The highest BCUT2D eigenvalue weighted by Crippen LogP contribution is 2.22. The summed E-state index contributed by atoms with van der Waals surface area (Å²) in [5.74, 6) is 0.0146. The number of nitrogens with one attached hydrogen (secondary N) is 1. The van der Waals surface area contributed by atoms with Gasteiger partial charge in [0.25, 0.3) is 0 Å². The maximum atomic E-state index is 12.3. The van der Waals surface area contributed by atoms with Crippen LogP contribution in [0.15, 0.2) is 64.7 Å². The molecule has 0 aliphatic carbocycles. The number of para-hydroxylation sites is 1. The van der Waals surface area contributed by atoms with Crippen molar-refractivity contribution in [3.05, 3.63) is 65.4 Å². The number of aromatic nitrogens is 1. The smallest absolute Gasteiger partial charge is 0.161 e. The summed E-state index contributed by atoms with van der Waals surface area (Å²) in [4.78, 5) is 20.1. The lowest BCUT2D eigenvalue weighted by molar-refractivity contribution is -0.111. The Labute approximate surface area is 162 Å². The molecule has 0 bridgehead atoms. The average Bonchev–Trinajstić information content (AvgIpc) is 3.07. The van der Waals surface area contributed by atoms with Gasteiger partial charge in [0, 0.05) is 23.5 Å². The third-order valence-corrected chi connectivity index (χ3v) is 3.89. The predicted octanol–water partition coefficient (Wildman–Crippen LogP) is 5.76. The van der Waals surface area contributed by atoms with E-state index in [9.17, 15) is 4.79 Å². The minimum Gasteiger partial charge on any atom is -0.354 e. The minimum absolute atomic E-state index is 0.0146. The van der Waals surface area contributed by atoms with E-state index in [0.717, 1.165) is 34.3 Å². The molecule has 0 amide bonds. The molecule has 0 unspecified atom stereocenters. The van der Waals surface area contributed by atoms with Crippen LogP contribution in [0.1, 0.15) is 39.8 Å². The van der Waals surface area contributed by atoms with E-state index in [1.165, 1.54) is 5.57 Å². The molecular weight excluding hydrogens is 332 g/mol. The number of carbonyl (C=O) groups excluding carboxylic acids is 1. The van der Waals surface area contributed by atoms with E-state index >= 15 is 0 Å². The van der Waals surface area contributed by atoms with Gasteiger partial charge in [-0.3, -0.25) is 9.79 Å². The van der Waals surface area contributed by atoms with E-state index in [1.54, 1.807) is 14.0 Å². The molecule has 0 saturated carbocycles. The number of ketones is 1. The van der Waals surface area contributed by atoms with Crippen LogP contribution in [0.25, 0.3) is 16.5 Å². The predicted molar refractivity (Wildman–Crippen MR) is 118 cm³/mol. The second kappa shape index (κ2) is 10.8. The van der Waals surface area contributed by atoms with Crippen LogP contribution < -0.4 is 0 Å². The van der Waals surface area contributed by atoms with Crippen LogP contribution >= 0.6 is 0 Å². The minimum atomic E-state index is 0.0146. The maximum absolute atomic E-state index is 12.3. The standard InChI is InChI=1S/C22H26N2O.C2H2/c1-6-9-17(12-15(2)3)21(23-5)14-19(16(4)25)22-13-18-10-7-8-11-20(18)24-22;1-2/h7-14,24H,6H2,1-5H3;1-2H/b17-9+,19-14+,23-21?;. The van der Waals surface area contributed by atoms with Crippen LogP contribution in [-0.4, -0.2) is 23.5 Å². The fraction of sp³-hybridized carbons (Fsp3) is 0.250. The Hall–Kier alpha value is -3.12. The van der Waals surface area contributed by atoms with Crippen molar-refractivity contribution in [2.75, 3.05) is 7.05 Å². The summed E-state index contributed by atoms with van der Waals surface area (Å²) in [5.41, 5.74) is 5.54. The van der Waals surface area contributed by atoms with Crippen molar-refractivity contribution < 1.29 is 4.79 Å². The van der Waals surface area contributed by atoms with Gasteiger partial charge in [0.05, 0.1) is 11.4 Å². The molecule has 2 rings (SSSR count). The molecular formula is C24H28N2O. The summed E-state index contributed by atoms with van der Waals surface area (Å²) >= 11 is 0. The molecule has 1 aromatic carbocycles. The molecule has 0 spiro atoms. The number of terminal acetylenes is 1. The quantitative estimate of drug-likeness (QED) is 0.302. The van der Waals surface area contributed by atoms with Crippen LogP contribution in [0, 0.1) is 12.8 Å². The zero-order valence-electron chi connectivity index (χ0n) is 16.8. The van der Waals surface area contributed by atoms with Gasteiger partial charge >= 0.3 is 0 Å². The van der Waals surface area contributed by atoms with Crippen molar-refractivity contribution in [2.45, 2.75) is 34.1 Å². The van der Waals surface area contributed by atoms with Crippen molar-refractivity contribution in [2.24, 2.45) is 4.99 Å². The first-order valence-corrected chi connectivity index (χ1v) is 8.92. The highest BCUT2D eigenvalue weighted by Gasteiger charge is 2.13. The number of carbonyl (C=O) groups is 1. The molecule has 3 nitrogen and oxygen atoms in total. The maximum Gasteiger partial charge on any atom is 0.161 e. The molecule has 3 heteroatoms. The number of allylic oxidation sites excluding steroid dienone is 6.